The van der Waals surface area contributed by atoms with Crippen molar-refractivity contribution in [3.63, 3.8) is 0 Å². The molecule has 0 unspecified atom stereocenters. The Morgan fingerprint density at radius 3 is 2.86 bits per heavy atom. The molecule has 0 atom stereocenters. The minimum Gasteiger partial charge on any atom is -0.505 e. The van der Waals surface area contributed by atoms with Crippen LogP contribution in [0.4, 0.5) is 10.1 Å². The zero-order valence-electron chi connectivity index (χ0n) is 11.8. The SMILES string of the molecule is Cc1ccc(F)cc1NC(=O)c1ccc2cccnc2c1O. The summed E-state index contributed by atoms with van der Waals surface area (Å²) in [6.45, 7) is 1.76. The molecule has 1 amide bonds. The van der Waals surface area contributed by atoms with Crippen molar-refractivity contribution in [3.05, 3.63) is 65.6 Å². The number of fused-ring (bicyclic) bond motifs is 1. The van der Waals surface area contributed by atoms with Gasteiger partial charge < -0.3 is 10.4 Å². The molecule has 3 aromatic rings. The molecular formula is C17H13FN2O2. The number of nitrogens with one attached hydrogen (secondary N) is 1. The summed E-state index contributed by atoms with van der Waals surface area (Å²) in [7, 11) is 0. The molecule has 0 saturated carbocycles. The maximum absolute atomic E-state index is 13.3. The number of aryl methyl sites for hydroxylation is 1. The van der Waals surface area contributed by atoms with E-state index in [4.69, 9.17) is 0 Å². The van der Waals surface area contributed by atoms with Crippen molar-refractivity contribution in [1.82, 2.24) is 4.98 Å². The van der Waals surface area contributed by atoms with Gasteiger partial charge in [0.1, 0.15) is 11.3 Å². The number of rotatable bonds is 2. The number of carbonyl (C=O) groups is 1. The molecule has 0 saturated heterocycles. The molecule has 0 aliphatic rings. The van der Waals surface area contributed by atoms with Gasteiger partial charge in [0.05, 0.1) is 5.56 Å². The van der Waals surface area contributed by atoms with Crippen LogP contribution in [-0.2, 0) is 0 Å². The third-order valence-electron chi connectivity index (χ3n) is 3.44. The smallest absolute Gasteiger partial charge is 0.259 e. The number of nitrogens with zero attached hydrogens (tertiary/aromatic N) is 1. The monoisotopic (exact) mass is 296 g/mol. The molecule has 4 nitrogen and oxygen atoms in total. The standard InChI is InChI=1S/C17H13FN2O2/c1-10-4-6-12(18)9-14(10)20-17(22)13-7-5-11-3-2-8-19-15(11)16(13)21/h2-9,21H,1H3,(H,20,22). The summed E-state index contributed by atoms with van der Waals surface area (Å²) in [5, 5.41) is 13.6. The second kappa shape index (κ2) is 5.44. The fraction of sp³-hybridized carbons (Fsp3) is 0.0588. The highest BCUT2D eigenvalue weighted by Gasteiger charge is 2.15. The summed E-state index contributed by atoms with van der Waals surface area (Å²) in [6.07, 6.45) is 1.54. The minimum atomic E-state index is -0.515. The Labute approximate surface area is 126 Å². The van der Waals surface area contributed by atoms with Crippen LogP contribution in [0.5, 0.6) is 5.75 Å². The van der Waals surface area contributed by atoms with Crippen LogP contribution in [0.25, 0.3) is 10.9 Å². The van der Waals surface area contributed by atoms with Gasteiger partial charge in [-0.1, -0.05) is 18.2 Å². The van der Waals surface area contributed by atoms with Crippen molar-refractivity contribution < 1.29 is 14.3 Å². The Hall–Kier alpha value is -2.95. The van der Waals surface area contributed by atoms with E-state index in [1.807, 2.05) is 0 Å². The number of aromatic hydroxyl groups is 1. The largest absolute Gasteiger partial charge is 0.505 e. The number of amides is 1. The van der Waals surface area contributed by atoms with Crippen molar-refractivity contribution in [3.8, 4) is 5.75 Å². The fourth-order valence-corrected chi connectivity index (χ4v) is 2.23. The third-order valence-corrected chi connectivity index (χ3v) is 3.44. The number of pyridine rings is 1. The Morgan fingerprint density at radius 2 is 2.05 bits per heavy atom. The molecule has 0 bridgehead atoms. The Kier molecular flexibility index (Phi) is 3.47. The van der Waals surface area contributed by atoms with Crippen molar-refractivity contribution in [2.24, 2.45) is 0 Å². The molecule has 1 heterocycles. The number of benzene rings is 2. The summed E-state index contributed by atoms with van der Waals surface area (Å²) >= 11 is 0. The second-order valence-electron chi connectivity index (χ2n) is 4.95. The Morgan fingerprint density at radius 1 is 1.23 bits per heavy atom. The normalized spacial score (nSPS) is 10.6. The average Bonchev–Trinajstić information content (AvgIpc) is 2.51. The van der Waals surface area contributed by atoms with Gasteiger partial charge in [-0.2, -0.15) is 0 Å². The molecule has 3 rings (SSSR count). The highest BCUT2D eigenvalue weighted by Crippen LogP contribution is 2.28. The van der Waals surface area contributed by atoms with Crippen molar-refractivity contribution >= 4 is 22.5 Å². The van der Waals surface area contributed by atoms with E-state index in [2.05, 4.69) is 10.3 Å². The molecule has 2 aromatic carbocycles. The van der Waals surface area contributed by atoms with E-state index in [1.165, 1.54) is 18.2 Å². The lowest BCUT2D eigenvalue weighted by Gasteiger charge is -2.10. The molecule has 0 radical (unpaired) electrons. The maximum Gasteiger partial charge on any atom is 0.259 e. The predicted molar refractivity (Wildman–Crippen MR) is 82.5 cm³/mol. The molecule has 0 spiro atoms. The van der Waals surface area contributed by atoms with Gasteiger partial charge in [0.15, 0.2) is 5.75 Å². The molecule has 1 aromatic heterocycles. The summed E-state index contributed by atoms with van der Waals surface area (Å²) in [4.78, 5) is 16.4. The van der Waals surface area contributed by atoms with Gasteiger partial charge in [-0.25, -0.2) is 4.39 Å². The number of phenols is 1. The van der Waals surface area contributed by atoms with Gasteiger partial charge in [0, 0.05) is 17.3 Å². The van der Waals surface area contributed by atoms with E-state index in [0.717, 1.165) is 10.9 Å². The van der Waals surface area contributed by atoms with E-state index >= 15 is 0 Å². The van der Waals surface area contributed by atoms with E-state index < -0.39 is 11.7 Å². The summed E-state index contributed by atoms with van der Waals surface area (Å²) in [5.74, 6) is -1.14. The number of phenolic OH excluding ortho intramolecular Hbond substituents is 1. The fourth-order valence-electron chi connectivity index (χ4n) is 2.23. The van der Waals surface area contributed by atoms with E-state index in [-0.39, 0.29) is 11.3 Å². The van der Waals surface area contributed by atoms with Crippen molar-refractivity contribution in [2.45, 2.75) is 6.92 Å². The Balaban J connectivity index is 1.99. The van der Waals surface area contributed by atoms with Crippen LogP contribution < -0.4 is 5.32 Å². The number of hydrogen-bond acceptors (Lipinski definition) is 3. The molecule has 2 N–H and O–H groups in total. The number of carbonyl (C=O) groups excluding carboxylic acids is 1. The van der Waals surface area contributed by atoms with Gasteiger partial charge in [0.25, 0.3) is 5.91 Å². The molecule has 0 fully saturated rings. The van der Waals surface area contributed by atoms with E-state index in [0.29, 0.717) is 11.2 Å². The van der Waals surface area contributed by atoms with Crippen LogP contribution in [0.2, 0.25) is 0 Å². The van der Waals surface area contributed by atoms with Crippen LogP contribution in [0.15, 0.2) is 48.7 Å². The first-order chi connectivity index (χ1) is 10.6. The molecular weight excluding hydrogens is 283 g/mol. The molecule has 0 aliphatic carbocycles. The highest BCUT2D eigenvalue weighted by molar-refractivity contribution is 6.09. The summed E-state index contributed by atoms with van der Waals surface area (Å²) in [5.41, 5.74) is 1.54. The average molecular weight is 296 g/mol. The first-order valence-corrected chi connectivity index (χ1v) is 6.70. The van der Waals surface area contributed by atoms with Crippen molar-refractivity contribution in [2.75, 3.05) is 5.32 Å². The first kappa shape index (κ1) is 14.0. The lowest BCUT2D eigenvalue weighted by molar-refractivity contribution is 0.102. The minimum absolute atomic E-state index is 0.0925. The van der Waals surface area contributed by atoms with Gasteiger partial charge >= 0.3 is 0 Å². The van der Waals surface area contributed by atoms with Crippen LogP contribution >= 0.6 is 0 Å². The summed E-state index contributed by atoms with van der Waals surface area (Å²) < 4.78 is 13.3. The van der Waals surface area contributed by atoms with Gasteiger partial charge in [-0.15, -0.1) is 0 Å². The van der Waals surface area contributed by atoms with Crippen LogP contribution in [-0.4, -0.2) is 16.0 Å². The molecule has 5 heteroatoms. The number of aromatic nitrogens is 1. The topological polar surface area (TPSA) is 62.2 Å². The van der Waals surface area contributed by atoms with Crippen LogP contribution in [0.1, 0.15) is 15.9 Å². The molecule has 22 heavy (non-hydrogen) atoms. The van der Waals surface area contributed by atoms with E-state index in [9.17, 15) is 14.3 Å². The lowest BCUT2D eigenvalue weighted by Crippen LogP contribution is -2.13. The Bertz CT molecular complexity index is 878. The van der Waals surface area contributed by atoms with Gasteiger partial charge in [-0.05, 0) is 36.8 Å². The quantitative estimate of drug-likeness (QED) is 0.759. The summed E-state index contributed by atoms with van der Waals surface area (Å²) in [6, 6.07) is 10.9. The van der Waals surface area contributed by atoms with Gasteiger partial charge in [0.2, 0.25) is 0 Å². The highest BCUT2D eigenvalue weighted by atomic mass is 19.1. The van der Waals surface area contributed by atoms with E-state index in [1.54, 1.807) is 37.4 Å². The zero-order chi connectivity index (χ0) is 15.7. The number of halogens is 1. The molecule has 0 aliphatic heterocycles. The maximum atomic E-state index is 13.3. The van der Waals surface area contributed by atoms with Gasteiger partial charge in [-0.3, -0.25) is 9.78 Å². The first-order valence-electron chi connectivity index (χ1n) is 6.70. The predicted octanol–water partition coefficient (Wildman–Crippen LogP) is 3.64. The number of anilines is 1. The molecule has 110 valence electrons. The lowest BCUT2D eigenvalue weighted by atomic mass is 10.1. The van der Waals surface area contributed by atoms with Crippen molar-refractivity contribution in [1.29, 1.82) is 0 Å². The zero-order valence-corrected chi connectivity index (χ0v) is 11.8. The number of hydrogen-bond donors (Lipinski definition) is 2. The van der Waals surface area contributed by atoms with Crippen LogP contribution in [0, 0.1) is 12.7 Å². The van der Waals surface area contributed by atoms with Crippen LogP contribution in [0.3, 0.4) is 0 Å². The second-order valence-corrected chi connectivity index (χ2v) is 4.95. The third kappa shape index (κ3) is 2.48.